The number of Topliss-reactive ketones (excluding diaryl/α,β-unsaturated/α-hetero) is 1. The highest BCUT2D eigenvalue weighted by molar-refractivity contribution is 7.80. The summed E-state index contributed by atoms with van der Waals surface area (Å²) in [4.78, 5) is 16.4. The Morgan fingerprint density at radius 1 is 1.38 bits per heavy atom. The standard InChI is InChI=1S/C10H13NOS/c1-10(2,3)9(12)7-4-8(13)6-11-5-7/h4-6,13H,1-3H3. The molecule has 1 aromatic rings. The van der Waals surface area contributed by atoms with Crippen molar-refractivity contribution in [2.24, 2.45) is 5.41 Å². The van der Waals surface area contributed by atoms with E-state index in [0.29, 0.717) is 5.56 Å². The van der Waals surface area contributed by atoms with E-state index < -0.39 is 0 Å². The van der Waals surface area contributed by atoms with E-state index >= 15 is 0 Å². The van der Waals surface area contributed by atoms with Crippen LogP contribution in [0.15, 0.2) is 23.4 Å². The quantitative estimate of drug-likeness (QED) is 0.551. The van der Waals surface area contributed by atoms with Crippen LogP contribution in [-0.4, -0.2) is 10.8 Å². The van der Waals surface area contributed by atoms with Crippen LogP contribution in [0.4, 0.5) is 0 Å². The first-order valence-corrected chi connectivity index (χ1v) is 4.55. The van der Waals surface area contributed by atoms with E-state index in [0.717, 1.165) is 4.90 Å². The summed E-state index contributed by atoms with van der Waals surface area (Å²) in [5.41, 5.74) is 0.267. The molecule has 0 spiro atoms. The van der Waals surface area contributed by atoms with Gasteiger partial charge in [-0.25, -0.2) is 0 Å². The molecule has 1 aromatic heterocycles. The second-order valence-electron chi connectivity index (χ2n) is 4.01. The van der Waals surface area contributed by atoms with Crippen molar-refractivity contribution in [2.45, 2.75) is 25.7 Å². The van der Waals surface area contributed by atoms with Crippen LogP contribution >= 0.6 is 12.6 Å². The Kier molecular flexibility index (Phi) is 2.76. The van der Waals surface area contributed by atoms with Gasteiger partial charge in [0.1, 0.15) is 0 Å². The number of carbonyl (C=O) groups is 1. The van der Waals surface area contributed by atoms with Crippen molar-refractivity contribution in [3.63, 3.8) is 0 Å². The number of pyridine rings is 1. The highest BCUT2D eigenvalue weighted by atomic mass is 32.1. The predicted molar refractivity (Wildman–Crippen MR) is 55.3 cm³/mol. The fraction of sp³-hybridized carbons (Fsp3) is 0.400. The van der Waals surface area contributed by atoms with E-state index in [1.54, 1.807) is 18.5 Å². The molecule has 0 radical (unpaired) electrons. The molecule has 0 atom stereocenters. The fourth-order valence-corrected chi connectivity index (χ4v) is 1.19. The zero-order chi connectivity index (χ0) is 10.1. The topological polar surface area (TPSA) is 30.0 Å². The number of carbonyl (C=O) groups excluding carboxylic acids is 1. The lowest BCUT2D eigenvalue weighted by molar-refractivity contribution is 0.0857. The minimum Gasteiger partial charge on any atom is -0.294 e. The van der Waals surface area contributed by atoms with E-state index in [1.807, 2.05) is 20.8 Å². The van der Waals surface area contributed by atoms with Crippen LogP contribution in [0.3, 0.4) is 0 Å². The van der Waals surface area contributed by atoms with Gasteiger partial charge in [0.2, 0.25) is 0 Å². The Bertz CT molecular complexity index is 328. The van der Waals surface area contributed by atoms with Crippen LogP contribution in [0.2, 0.25) is 0 Å². The SMILES string of the molecule is CC(C)(C)C(=O)c1cncc(S)c1. The van der Waals surface area contributed by atoms with Gasteiger partial charge in [0.25, 0.3) is 0 Å². The van der Waals surface area contributed by atoms with Crippen molar-refractivity contribution in [2.75, 3.05) is 0 Å². The zero-order valence-corrected chi connectivity index (χ0v) is 8.93. The average Bonchev–Trinajstić information content (AvgIpc) is 2.01. The molecular weight excluding hydrogens is 182 g/mol. The summed E-state index contributed by atoms with van der Waals surface area (Å²) in [5.74, 6) is 0.0934. The van der Waals surface area contributed by atoms with Crippen LogP contribution in [0, 0.1) is 5.41 Å². The van der Waals surface area contributed by atoms with Crippen LogP contribution in [0.1, 0.15) is 31.1 Å². The Hall–Kier alpha value is -0.830. The second-order valence-corrected chi connectivity index (χ2v) is 4.53. The molecule has 0 N–H and O–H groups in total. The van der Waals surface area contributed by atoms with Crippen molar-refractivity contribution in [1.29, 1.82) is 0 Å². The lowest BCUT2D eigenvalue weighted by atomic mass is 9.87. The minimum absolute atomic E-state index is 0.0934. The summed E-state index contributed by atoms with van der Waals surface area (Å²) in [6.07, 6.45) is 3.19. The molecule has 0 aromatic carbocycles. The smallest absolute Gasteiger partial charge is 0.169 e. The number of rotatable bonds is 1. The lowest BCUT2D eigenvalue weighted by Gasteiger charge is -2.16. The normalized spacial score (nSPS) is 11.4. The van der Waals surface area contributed by atoms with E-state index in [9.17, 15) is 4.79 Å². The fourth-order valence-electron chi connectivity index (χ4n) is 0.985. The largest absolute Gasteiger partial charge is 0.294 e. The molecule has 1 heterocycles. The molecule has 0 fully saturated rings. The molecule has 0 aliphatic rings. The van der Waals surface area contributed by atoms with Crippen LogP contribution in [-0.2, 0) is 0 Å². The second kappa shape index (κ2) is 3.50. The molecule has 0 amide bonds. The van der Waals surface area contributed by atoms with Gasteiger partial charge in [-0.05, 0) is 6.07 Å². The molecule has 2 nitrogen and oxygen atoms in total. The van der Waals surface area contributed by atoms with Gasteiger partial charge >= 0.3 is 0 Å². The van der Waals surface area contributed by atoms with Gasteiger partial charge in [0.05, 0.1) is 0 Å². The van der Waals surface area contributed by atoms with Crippen molar-refractivity contribution >= 4 is 18.4 Å². The molecule has 0 saturated heterocycles. The Labute approximate surface area is 83.8 Å². The maximum Gasteiger partial charge on any atom is 0.169 e. The molecular formula is C10H13NOS. The first-order chi connectivity index (χ1) is 5.91. The Morgan fingerprint density at radius 2 is 2.00 bits per heavy atom. The molecule has 0 unspecified atom stereocenters. The summed E-state index contributed by atoms with van der Waals surface area (Å²) in [6.45, 7) is 5.67. The summed E-state index contributed by atoms with van der Waals surface area (Å²) < 4.78 is 0. The number of nitrogens with zero attached hydrogens (tertiary/aromatic N) is 1. The molecule has 0 aliphatic carbocycles. The number of aromatic nitrogens is 1. The van der Waals surface area contributed by atoms with Crippen LogP contribution in [0.5, 0.6) is 0 Å². The van der Waals surface area contributed by atoms with E-state index in [-0.39, 0.29) is 11.2 Å². The number of thiol groups is 1. The van der Waals surface area contributed by atoms with E-state index in [2.05, 4.69) is 17.6 Å². The molecule has 0 aliphatic heterocycles. The van der Waals surface area contributed by atoms with Gasteiger partial charge in [-0.15, -0.1) is 12.6 Å². The van der Waals surface area contributed by atoms with Crippen molar-refractivity contribution < 1.29 is 4.79 Å². The van der Waals surface area contributed by atoms with E-state index in [4.69, 9.17) is 0 Å². The van der Waals surface area contributed by atoms with Gasteiger partial charge in [-0.1, -0.05) is 20.8 Å². The van der Waals surface area contributed by atoms with Crippen molar-refractivity contribution in [3.05, 3.63) is 24.0 Å². The zero-order valence-electron chi connectivity index (χ0n) is 8.03. The Morgan fingerprint density at radius 3 is 2.46 bits per heavy atom. The first-order valence-electron chi connectivity index (χ1n) is 4.10. The third kappa shape index (κ3) is 2.56. The van der Waals surface area contributed by atoms with Gasteiger partial charge in [-0.2, -0.15) is 0 Å². The van der Waals surface area contributed by atoms with Gasteiger partial charge < -0.3 is 0 Å². The van der Waals surface area contributed by atoms with Gasteiger partial charge in [-0.3, -0.25) is 9.78 Å². The first kappa shape index (κ1) is 10.3. The summed E-state index contributed by atoms with van der Waals surface area (Å²) in [6, 6.07) is 1.74. The summed E-state index contributed by atoms with van der Waals surface area (Å²) >= 11 is 4.13. The monoisotopic (exact) mass is 195 g/mol. The number of hydrogen-bond donors (Lipinski definition) is 1. The molecule has 3 heteroatoms. The minimum atomic E-state index is -0.358. The summed E-state index contributed by atoms with van der Waals surface area (Å²) in [7, 11) is 0. The summed E-state index contributed by atoms with van der Waals surface area (Å²) in [5, 5.41) is 0. The van der Waals surface area contributed by atoms with E-state index in [1.165, 1.54) is 0 Å². The molecule has 70 valence electrons. The predicted octanol–water partition coefficient (Wildman–Crippen LogP) is 2.60. The third-order valence-electron chi connectivity index (χ3n) is 1.67. The van der Waals surface area contributed by atoms with Crippen LogP contribution in [0.25, 0.3) is 0 Å². The Balaban J connectivity index is 3.03. The van der Waals surface area contributed by atoms with Gasteiger partial charge in [0, 0.05) is 28.3 Å². The van der Waals surface area contributed by atoms with Crippen molar-refractivity contribution in [1.82, 2.24) is 4.98 Å². The van der Waals surface area contributed by atoms with Crippen LogP contribution < -0.4 is 0 Å². The third-order valence-corrected chi connectivity index (χ3v) is 1.91. The molecule has 13 heavy (non-hydrogen) atoms. The maximum atomic E-state index is 11.7. The van der Waals surface area contributed by atoms with Gasteiger partial charge in [0.15, 0.2) is 5.78 Å². The maximum absolute atomic E-state index is 11.7. The highest BCUT2D eigenvalue weighted by Gasteiger charge is 2.22. The molecule has 1 rings (SSSR count). The number of hydrogen-bond acceptors (Lipinski definition) is 3. The average molecular weight is 195 g/mol. The molecule has 0 bridgehead atoms. The molecule has 0 saturated carbocycles. The van der Waals surface area contributed by atoms with Crippen molar-refractivity contribution in [3.8, 4) is 0 Å². The highest BCUT2D eigenvalue weighted by Crippen LogP contribution is 2.21. The lowest BCUT2D eigenvalue weighted by Crippen LogP contribution is -2.20. The number of ketones is 1.